The Morgan fingerprint density at radius 1 is 1.21 bits per heavy atom. The first kappa shape index (κ1) is 12.0. The summed E-state index contributed by atoms with van der Waals surface area (Å²) in [7, 11) is 0. The van der Waals surface area contributed by atoms with Crippen molar-refractivity contribution in [3.8, 4) is 5.75 Å². The van der Waals surface area contributed by atoms with Crippen molar-refractivity contribution in [1.29, 1.82) is 0 Å². The van der Waals surface area contributed by atoms with Gasteiger partial charge in [-0.25, -0.2) is 0 Å². The van der Waals surface area contributed by atoms with E-state index in [9.17, 15) is 15.0 Å². The minimum atomic E-state index is -0.803. The number of β-amino-alcohol motifs (C(OH)–C–C–N with tert-alkyl or cyclic N) is 1. The van der Waals surface area contributed by atoms with Crippen LogP contribution < -0.4 is 0 Å². The average molecular weight is 257 g/mol. The number of aliphatic hydroxyl groups is 1. The van der Waals surface area contributed by atoms with E-state index in [0.29, 0.717) is 18.5 Å². The molecule has 0 saturated carbocycles. The normalized spacial score (nSPS) is 17.3. The molecule has 2 aromatic rings. The molecule has 2 aromatic carbocycles. The van der Waals surface area contributed by atoms with Crippen LogP contribution in [0, 0.1) is 0 Å². The molecule has 0 atom stereocenters. The van der Waals surface area contributed by atoms with E-state index < -0.39 is 5.60 Å². The summed E-state index contributed by atoms with van der Waals surface area (Å²) in [6.45, 7) is 2.30. The molecule has 1 aliphatic rings. The highest BCUT2D eigenvalue weighted by Gasteiger charge is 2.40. The van der Waals surface area contributed by atoms with Crippen LogP contribution in [-0.4, -0.2) is 39.7 Å². The van der Waals surface area contributed by atoms with Crippen molar-refractivity contribution in [2.75, 3.05) is 13.1 Å². The summed E-state index contributed by atoms with van der Waals surface area (Å²) < 4.78 is 0. The molecular formula is C15H15NO3. The molecule has 0 aromatic heterocycles. The van der Waals surface area contributed by atoms with Gasteiger partial charge in [-0.05, 0) is 18.4 Å². The van der Waals surface area contributed by atoms with Crippen molar-refractivity contribution < 1.29 is 15.0 Å². The molecule has 0 spiro atoms. The van der Waals surface area contributed by atoms with Crippen molar-refractivity contribution in [2.24, 2.45) is 0 Å². The van der Waals surface area contributed by atoms with E-state index >= 15 is 0 Å². The zero-order valence-corrected chi connectivity index (χ0v) is 10.6. The number of carbonyl (C=O) groups is 1. The van der Waals surface area contributed by atoms with Gasteiger partial charge in [0.05, 0.1) is 24.3 Å². The number of rotatable bonds is 1. The summed E-state index contributed by atoms with van der Waals surface area (Å²) in [6, 6.07) is 10.8. The molecule has 4 nitrogen and oxygen atoms in total. The number of amides is 1. The minimum absolute atomic E-state index is 0.00893. The Labute approximate surface area is 110 Å². The van der Waals surface area contributed by atoms with E-state index in [1.165, 1.54) is 4.90 Å². The lowest BCUT2D eigenvalue weighted by molar-refractivity contribution is -0.0669. The second-order valence-corrected chi connectivity index (χ2v) is 5.34. The van der Waals surface area contributed by atoms with Crippen molar-refractivity contribution in [1.82, 2.24) is 4.90 Å². The van der Waals surface area contributed by atoms with Crippen LogP contribution in [0.5, 0.6) is 5.75 Å². The van der Waals surface area contributed by atoms with Crippen molar-refractivity contribution in [3.63, 3.8) is 0 Å². The Morgan fingerprint density at radius 2 is 1.89 bits per heavy atom. The number of aromatic hydroxyl groups is 1. The number of likely N-dealkylation sites (tertiary alicyclic amines) is 1. The predicted molar refractivity (Wildman–Crippen MR) is 72.1 cm³/mol. The maximum absolute atomic E-state index is 12.2. The highest BCUT2D eigenvalue weighted by molar-refractivity contribution is 6.03. The van der Waals surface area contributed by atoms with Gasteiger partial charge in [-0.15, -0.1) is 0 Å². The summed E-state index contributed by atoms with van der Waals surface area (Å²) in [6.07, 6.45) is 0. The van der Waals surface area contributed by atoms with Gasteiger partial charge in [-0.2, -0.15) is 0 Å². The number of phenolic OH excluding ortho intramolecular Hbond substituents is 1. The molecule has 98 valence electrons. The molecule has 1 aliphatic heterocycles. The van der Waals surface area contributed by atoms with Gasteiger partial charge in [0.25, 0.3) is 5.91 Å². The number of hydrogen-bond donors (Lipinski definition) is 2. The van der Waals surface area contributed by atoms with Gasteiger partial charge in [-0.3, -0.25) is 4.79 Å². The van der Waals surface area contributed by atoms with Crippen molar-refractivity contribution in [2.45, 2.75) is 12.5 Å². The van der Waals surface area contributed by atoms with E-state index in [4.69, 9.17) is 0 Å². The monoisotopic (exact) mass is 257 g/mol. The van der Waals surface area contributed by atoms with Crippen LogP contribution in [-0.2, 0) is 0 Å². The fourth-order valence-corrected chi connectivity index (χ4v) is 2.52. The summed E-state index contributed by atoms with van der Waals surface area (Å²) in [5.74, 6) is -0.232. The van der Waals surface area contributed by atoms with E-state index in [1.807, 2.05) is 24.3 Å². The first-order valence-electron chi connectivity index (χ1n) is 6.20. The summed E-state index contributed by atoms with van der Waals surface area (Å²) in [5, 5.41) is 21.4. The summed E-state index contributed by atoms with van der Waals surface area (Å²) in [5.41, 5.74) is -0.517. The van der Waals surface area contributed by atoms with Crippen LogP contribution in [0.25, 0.3) is 10.8 Å². The highest BCUT2D eigenvalue weighted by Crippen LogP contribution is 2.31. The molecule has 1 saturated heterocycles. The quantitative estimate of drug-likeness (QED) is 0.818. The molecule has 1 heterocycles. The predicted octanol–water partition coefficient (Wildman–Crippen LogP) is 1.75. The summed E-state index contributed by atoms with van der Waals surface area (Å²) >= 11 is 0. The number of fused-ring (bicyclic) bond motifs is 1. The third-order valence-electron chi connectivity index (χ3n) is 3.48. The second-order valence-electron chi connectivity index (χ2n) is 5.34. The number of carbonyl (C=O) groups excluding carboxylic acids is 1. The lowest BCUT2D eigenvalue weighted by atomic mass is 9.95. The number of nitrogens with zero attached hydrogens (tertiary/aromatic N) is 1. The van der Waals surface area contributed by atoms with Crippen LogP contribution in [0.4, 0.5) is 0 Å². The third-order valence-corrected chi connectivity index (χ3v) is 3.48. The number of hydrogen-bond acceptors (Lipinski definition) is 3. The van der Waals surface area contributed by atoms with Crippen LogP contribution >= 0.6 is 0 Å². The Morgan fingerprint density at radius 3 is 2.58 bits per heavy atom. The summed E-state index contributed by atoms with van der Waals surface area (Å²) in [4.78, 5) is 13.8. The zero-order valence-electron chi connectivity index (χ0n) is 10.6. The molecule has 4 heteroatoms. The molecule has 0 unspecified atom stereocenters. The van der Waals surface area contributed by atoms with Crippen molar-refractivity contribution in [3.05, 3.63) is 42.0 Å². The zero-order chi connectivity index (χ0) is 13.6. The molecule has 2 N–H and O–H groups in total. The topological polar surface area (TPSA) is 60.8 Å². The minimum Gasteiger partial charge on any atom is -0.506 e. The van der Waals surface area contributed by atoms with E-state index in [2.05, 4.69) is 0 Å². The SMILES string of the molecule is CC1(O)CN(C(=O)c2ccc3ccccc3c2O)C1. The first-order chi connectivity index (χ1) is 8.98. The van der Waals surface area contributed by atoms with Gasteiger partial charge in [0.15, 0.2) is 0 Å². The van der Waals surface area contributed by atoms with E-state index in [1.54, 1.807) is 19.1 Å². The second kappa shape index (κ2) is 3.96. The van der Waals surface area contributed by atoms with Crippen LogP contribution in [0.1, 0.15) is 17.3 Å². The van der Waals surface area contributed by atoms with E-state index in [-0.39, 0.29) is 17.2 Å². The van der Waals surface area contributed by atoms with Crippen LogP contribution in [0.3, 0.4) is 0 Å². The molecule has 0 radical (unpaired) electrons. The Bertz CT molecular complexity index is 655. The van der Waals surface area contributed by atoms with Gasteiger partial charge in [0, 0.05) is 5.39 Å². The van der Waals surface area contributed by atoms with Crippen LogP contribution in [0.15, 0.2) is 36.4 Å². The smallest absolute Gasteiger partial charge is 0.257 e. The Hall–Kier alpha value is -2.07. The van der Waals surface area contributed by atoms with Gasteiger partial charge < -0.3 is 15.1 Å². The Kier molecular flexibility index (Phi) is 2.50. The lowest BCUT2D eigenvalue weighted by Gasteiger charge is -2.44. The molecule has 1 fully saturated rings. The molecule has 0 bridgehead atoms. The largest absolute Gasteiger partial charge is 0.506 e. The number of benzene rings is 2. The van der Waals surface area contributed by atoms with Crippen LogP contribution in [0.2, 0.25) is 0 Å². The molecule has 19 heavy (non-hydrogen) atoms. The van der Waals surface area contributed by atoms with Gasteiger partial charge in [0.1, 0.15) is 5.75 Å². The van der Waals surface area contributed by atoms with Gasteiger partial charge >= 0.3 is 0 Å². The average Bonchev–Trinajstić information content (AvgIpc) is 2.36. The molecule has 0 aliphatic carbocycles. The Balaban J connectivity index is 1.97. The fourth-order valence-electron chi connectivity index (χ4n) is 2.52. The maximum Gasteiger partial charge on any atom is 0.257 e. The number of phenols is 1. The third kappa shape index (κ3) is 1.94. The first-order valence-corrected chi connectivity index (χ1v) is 6.20. The van der Waals surface area contributed by atoms with Crippen molar-refractivity contribution >= 4 is 16.7 Å². The maximum atomic E-state index is 12.2. The highest BCUT2D eigenvalue weighted by atomic mass is 16.3. The standard InChI is InChI=1S/C15H15NO3/c1-15(19)8-16(9-15)14(18)12-7-6-10-4-2-3-5-11(10)13(12)17/h2-7,17,19H,8-9H2,1H3. The fraction of sp³-hybridized carbons (Fsp3) is 0.267. The molecular weight excluding hydrogens is 242 g/mol. The lowest BCUT2D eigenvalue weighted by Crippen LogP contribution is -2.61. The van der Waals surface area contributed by atoms with Gasteiger partial charge in [0.2, 0.25) is 0 Å². The van der Waals surface area contributed by atoms with Gasteiger partial charge in [-0.1, -0.05) is 30.3 Å². The molecule has 3 rings (SSSR count). The van der Waals surface area contributed by atoms with E-state index in [0.717, 1.165) is 5.39 Å². The molecule has 1 amide bonds.